The van der Waals surface area contributed by atoms with E-state index in [-0.39, 0.29) is 5.97 Å². The van der Waals surface area contributed by atoms with Gasteiger partial charge in [0.25, 0.3) is 0 Å². The molecule has 11 nitrogen and oxygen atoms in total. The molecule has 0 unspecified atom stereocenters. The van der Waals surface area contributed by atoms with Crippen molar-refractivity contribution in [2.45, 2.75) is 0 Å². The van der Waals surface area contributed by atoms with E-state index in [0.29, 0.717) is 41.7 Å². The fourth-order valence-electron chi connectivity index (χ4n) is 4.99. The maximum absolute atomic E-state index is 12.5. The van der Waals surface area contributed by atoms with E-state index in [1.807, 2.05) is 71.4 Å². The van der Waals surface area contributed by atoms with Crippen LogP contribution in [-0.4, -0.2) is 78.9 Å². The van der Waals surface area contributed by atoms with Crippen LogP contribution in [0.4, 0.5) is 22.9 Å². The molecule has 1 aliphatic rings. The van der Waals surface area contributed by atoms with Crippen LogP contribution in [0.3, 0.4) is 0 Å². The molecule has 2 N–H and O–H groups in total. The molecule has 3 aromatic carbocycles. The van der Waals surface area contributed by atoms with Gasteiger partial charge in [0, 0.05) is 66.9 Å². The second-order valence-corrected chi connectivity index (χ2v) is 10.2. The number of imidazole rings is 1. The summed E-state index contributed by atoms with van der Waals surface area (Å²) in [5, 5.41) is 6.79. The Hall–Kier alpha value is -5.13. The number of fused-ring (bicyclic) bond motifs is 1. The number of methoxy groups -OCH3 is 2. The molecule has 44 heavy (non-hydrogen) atoms. The summed E-state index contributed by atoms with van der Waals surface area (Å²) in [6, 6.07) is 20.8. The van der Waals surface area contributed by atoms with Crippen molar-refractivity contribution in [3.63, 3.8) is 0 Å². The standard InChI is InChI=1S/C33H34N6O5/c1-41-29-11-10-27(21-30(29)42-2)36-31-32-34-12-13-39(32)22-28(37-31)24-4-3-5-26(20-24)35-25-8-6-23(7-9-25)33(40)44-19-16-38-14-17-43-18-15-38/h3-13,20-22,35H,14-19H2,1-2H3,(H,36,37). The quantitative estimate of drug-likeness (QED) is 0.193. The molecule has 0 amide bonds. The van der Waals surface area contributed by atoms with Crippen LogP contribution in [0.1, 0.15) is 10.4 Å². The number of ether oxygens (including phenoxy) is 4. The minimum absolute atomic E-state index is 0.328. The zero-order valence-electron chi connectivity index (χ0n) is 24.7. The molecule has 0 spiro atoms. The molecule has 11 heteroatoms. The molecule has 2 aromatic heterocycles. The number of anilines is 4. The van der Waals surface area contributed by atoms with Crippen LogP contribution in [0, 0.1) is 0 Å². The van der Waals surface area contributed by atoms with Gasteiger partial charge in [-0.25, -0.2) is 14.8 Å². The van der Waals surface area contributed by atoms with E-state index in [9.17, 15) is 4.79 Å². The van der Waals surface area contributed by atoms with Crippen molar-refractivity contribution in [3.05, 3.63) is 90.9 Å². The maximum atomic E-state index is 12.5. The summed E-state index contributed by atoms with van der Waals surface area (Å²) in [6.07, 6.45) is 5.57. The lowest BCUT2D eigenvalue weighted by Crippen LogP contribution is -2.38. The highest BCUT2D eigenvalue weighted by atomic mass is 16.5. The number of carbonyl (C=O) groups excluding carboxylic acids is 1. The number of nitrogens with zero attached hydrogens (tertiary/aromatic N) is 4. The van der Waals surface area contributed by atoms with Crippen molar-refractivity contribution in [2.24, 2.45) is 0 Å². The van der Waals surface area contributed by atoms with Gasteiger partial charge < -0.3 is 34.0 Å². The molecule has 6 rings (SSSR count). The van der Waals surface area contributed by atoms with Crippen LogP contribution in [0.15, 0.2) is 85.3 Å². The highest BCUT2D eigenvalue weighted by molar-refractivity contribution is 5.90. The van der Waals surface area contributed by atoms with Crippen molar-refractivity contribution in [3.8, 4) is 22.8 Å². The van der Waals surface area contributed by atoms with Gasteiger partial charge in [-0.1, -0.05) is 12.1 Å². The Labute approximate surface area is 255 Å². The van der Waals surface area contributed by atoms with Gasteiger partial charge in [-0.2, -0.15) is 0 Å². The minimum Gasteiger partial charge on any atom is -0.493 e. The highest BCUT2D eigenvalue weighted by Crippen LogP contribution is 2.32. The number of benzene rings is 3. The summed E-state index contributed by atoms with van der Waals surface area (Å²) in [4.78, 5) is 24.2. The average Bonchev–Trinajstić information content (AvgIpc) is 3.55. The zero-order valence-corrected chi connectivity index (χ0v) is 24.7. The average molecular weight is 595 g/mol. The fourth-order valence-corrected chi connectivity index (χ4v) is 4.99. The summed E-state index contributed by atoms with van der Waals surface area (Å²) in [7, 11) is 3.21. The Morgan fingerprint density at radius 3 is 2.48 bits per heavy atom. The third kappa shape index (κ3) is 6.74. The Morgan fingerprint density at radius 2 is 1.68 bits per heavy atom. The van der Waals surface area contributed by atoms with E-state index in [0.717, 1.165) is 54.6 Å². The molecule has 0 radical (unpaired) electrons. The summed E-state index contributed by atoms with van der Waals surface area (Å²) >= 11 is 0. The molecular weight excluding hydrogens is 560 g/mol. The number of morpholine rings is 1. The van der Waals surface area contributed by atoms with Crippen molar-refractivity contribution >= 4 is 34.5 Å². The number of aromatic nitrogens is 3. The lowest BCUT2D eigenvalue weighted by atomic mass is 10.1. The van der Waals surface area contributed by atoms with Crippen LogP contribution in [-0.2, 0) is 9.47 Å². The summed E-state index contributed by atoms with van der Waals surface area (Å²) in [5.41, 5.74) is 5.40. The highest BCUT2D eigenvalue weighted by Gasteiger charge is 2.14. The van der Waals surface area contributed by atoms with E-state index in [1.165, 1.54) is 0 Å². The van der Waals surface area contributed by atoms with Gasteiger partial charge >= 0.3 is 5.97 Å². The molecule has 1 fully saturated rings. The van der Waals surface area contributed by atoms with Gasteiger partial charge in [-0.15, -0.1) is 0 Å². The zero-order chi connectivity index (χ0) is 30.3. The molecular formula is C33H34N6O5. The van der Waals surface area contributed by atoms with Crippen LogP contribution in [0.5, 0.6) is 11.5 Å². The lowest BCUT2D eigenvalue weighted by Gasteiger charge is -2.26. The number of carbonyl (C=O) groups is 1. The predicted octanol–water partition coefficient (Wildman–Crippen LogP) is 5.39. The Kier molecular flexibility index (Phi) is 8.85. The lowest BCUT2D eigenvalue weighted by molar-refractivity contribution is 0.0195. The number of rotatable bonds is 11. The largest absolute Gasteiger partial charge is 0.493 e. The predicted molar refractivity (Wildman–Crippen MR) is 169 cm³/mol. The van der Waals surface area contributed by atoms with Crippen LogP contribution in [0.25, 0.3) is 16.9 Å². The van der Waals surface area contributed by atoms with E-state index < -0.39 is 0 Å². The first-order valence-corrected chi connectivity index (χ1v) is 14.4. The van der Waals surface area contributed by atoms with Crippen LogP contribution in [0.2, 0.25) is 0 Å². The third-order valence-electron chi connectivity index (χ3n) is 7.33. The monoisotopic (exact) mass is 594 g/mol. The Morgan fingerprint density at radius 1 is 0.909 bits per heavy atom. The first-order chi connectivity index (χ1) is 21.6. The van der Waals surface area contributed by atoms with Gasteiger partial charge in [0.2, 0.25) is 0 Å². The van der Waals surface area contributed by atoms with Gasteiger partial charge in [-0.3, -0.25) is 4.90 Å². The molecule has 0 aliphatic carbocycles. The molecule has 1 saturated heterocycles. The molecule has 3 heterocycles. The van der Waals surface area contributed by atoms with Gasteiger partial charge in [0.1, 0.15) is 6.61 Å². The summed E-state index contributed by atoms with van der Waals surface area (Å²) in [6.45, 7) is 4.24. The number of esters is 1. The first-order valence-electron chi connectivity index (χ1n) is 14.4. The molecule has 226 valence electrons. The van der Waals surface area contributed by atoms with Gasteiger partial charge in [0.05, 0.1) is 38.7 Å². The third-order valence-corrected chi connectivity index (χ3v) is 7.33. The van der Waals surface area contributed by atoms with Crippen molar-refractivity contribution < 1.29 is 23.7 Å². The first kappa shape index (κ1) is 29.0. The topological polar surface area (TPSA) is 111 Å². The summed E-state index contributed by atoms with van der Waals surface area (Å²) < 4.78 is 23.6. The van der Waals surface area contributed by atoms with Crippen LogP contribution >= 0.6 is 0 Å². The van der Waals surface area contributed by atoms with E-state index in [4.69, 9.17) is 23.9 Å². The van der Waals surface area contributed by atoms with Gasteiger partial charge in [-0.05, 0) is 48.5 Å². The summed E-state index contributed by atoms with van der Waals surface area (Å²) in [5.74, 6) is 1.53. The molecule has 5 aromatic rings. The smallest absolute Gasteiger partial charge is 0.338 e. The Balaban J connectivity index is 1.14. The van der Waals surface area contributed by atoms with Crippen molar-refractivity contribution in [1.29, 1.82) is 0 Å². The van der Waals surface area contributed by atoms with Crippen molar-refractivity contribution in [2.75, 3.05) is 64.3 Å². The van der Waals surface area contributed by atoms with Gasteiger partial charge in [0.15, 0.2) is 23.0 Å². The maximum Gasteiger partial charge on any atom is 0.338 e. The molecule has 0 bridgehead atoms. The SMILES string of the molecule is COc1ccc(Nc2nc(-c3cccc(Nc4ccc(C(=O)OCCN5CCOCC5)cc4)c3)cn3ccnc23)cc1OC. The second-order valence-electron chi connectivity index (χ2n) is 10.2. The minimum atomic E-state index is -0.328. The molecule has 1 aliphatic heterocycles. The van der Waals surface area contributed by atoms with E-state index in [1.54, 1.807) is 32.5 Å². The Bertz CT molecular complexity index is 1730. The second kappa shape index (κ2) is 13.4. The van der Waals surface area contributed by atoms with Crippen molar-refractivity contribution in [1.82, 2.24) is 19.3 Å². The number of hydrogen-bond donors (Lipinski definition) is 2. The number of nitrogens with one attached hydrogen (secondary N) is 2. The van der Waals surface area contributed by atoms with Crippen LogP contribution < -0.4 is 20.1 Å². The fraction of sp³-hybridized carbons (Fsp3) is 0.242. The van der Waals surface area contributed by atoms with E-state index >= 15 is 0 Å². The van der Waals surface area contributed by atoms with E-state index in [2.05, 4.69) is 20.5 Å². The molecule has 0 saturated carbocycles. The normalized spacial score (nSPS) is 13.4. The number of hydrogen-bond acceptors (Lipinski definition) is 10. The molecule has 0 atom stereocenters.